The lowest BCUT2D eigenvalue weighted by Crippen LogP contribution is -2.19. The van der Waals surface area contributed by atoms with Crippen molar-refractivity contribution in [1.29, 1.82) is 0 Å². The Kier molecular flexibility index (Phi) is 6.33. The fourth-order valence-corrected chi connectivity index (χ4v) is 3.84. The van der Waals surface area contributed by atoms with Crippen LogP contribution in [-0.2, 0) is 0 Å². The molecule has 0 N–H and O–H groups in total. The molecule has 0 bridgehead atoms. The van der Waals surface area contributed by atoms with E-state index in [0.717, 1.165) is 20.8 Å². The molecule has 19 heavy (non-hydrogen) atoms. The highest BCUT2D eigenvalue weighted by Crippen LogP contribution is 2.29. The predicted molar refractivity (Wildman–Crippen MR) is 85.6 cm³/mol. The van der Waals surface area contributed by atoms with Gasteiger partial charge in [0, 0.05) is 15.6 Å². The lowest BCUT2D eigenvalue weighted by molar-refractivity contribution is -0.207. The third kappa shape index (κ3) is 5.83. The molecule has 1 nitrogen and oxygen atoms in total. The zero-order valence-corrected chi connectivity index (χ0v) is 14.2. The highest BCUT2D eigenvalue weighted by Gasteiger charge is 2.14. The largest absolute Gasteiger partial charge is 0.823 e. The van der Waals surface area contributed by atoms with E-state index < -0.39 is 0 Å². The van der Waals surface area contributed by atoms with Crippen LogP contribution < -0.4 is 5.11 Å². The minimum absolute atomic E-state index is 0.0105. The van der Waals surface area contributed by atoms with Crippen LogP contribution in [0.5, 0.6) is 0 Å². The highest BCUT2D eigenvalue weighted by atomic mass is 35.5. The van der Waals surface area contributed by atoms with Crippen molar-refractivity contribution >= 4 is 36.9 Å². The summed E-state index contributed by atoms with van der Waals surface area (Å²) in [5.74, 6) is 0.506. The van der Waals surface area contributed by atoms with Gasteiger partial charge in [-0.25, -0.2) is 0 Å². The third-order valence-electron chi connectivity index (χ3n) is 2.68. The number of hydrogen-bond acceptors (Lipinski definition) is 1. The molecule has 1 unspecified atom stereocenters. The summed E-state index contributed by atoms with van der Waals surface area (Å²) in [6, 6.07) is 5.16. The molecule has 0 radical (unpaired) electrons. The van der Waals surface area contributed by atoms with E-state index in [-0.39, 0.29) is 5.48 Å². The Morgan fingerprint density at radius 1 is 1.26 bits per heavy atom. The Balaban J connectivity index is 2.78. The Morgan fingerprint density at radius 2 is 1.79 bits per heavy atom. The summed E-state index contributed by atoms with van der Waals surface area (Å²) in [5.41, 5.74) is 0.756. The predicted octanol–water partition coefficient (Wildman–Crippen LogP) is 4.85. The van der Waals surface area contributed by atoms with Crippen LogP contribution in [0.4, 0.5) is 0 Å². The lowest BCUT2D eigenvalue weighted by atomic mass is 9.86. The van der Waals surface area contributed by atoms with Gasteiger partial charge in [-0.1, -0.05) is 57.0 Å². The molecule has 0 saturated carbocycles. The number of halogens is 2. The molecular formula is C15H20Cl2OP-. The Labute approximate surface area is 127 Å². The molecule has 106 valence electrons. The minimum Gasteiger partial charge on any atom is -0.823 e. The van der Waals surface area contributed by atoms with Crippen LogP contribution in [-0.4, -0.2) is 11.6 Å². The van der Waals surface area contributed by atoms with E-state index in [4.69, 9.17) is 23.2 Å². The van der Waals surface area contributed by atoms with Crippen LogP contribution >= 0.6 is 31.4 Å². The summed E-state index contributed by atoms with van der Waals surface area (Å²) in [5, 5.41) is 13.1. The van der Waals surface area contributed by atoms with E-state index in [1.54, 1.807) is 18.2 Å². The van der Waals surface area contributed by atoms with Crippen molar-refractivity contribution in [1.82, 2.24) is 0 Å². The molecule has 0 saturated heterocycles. The van der Waals surface area contributed by atoms with E-state index in [1.807, 2.05) is 0 Å². The first-order valence-electron chi connectivity index (χ1n) is 6.36. The summed E-state index contributed by atoms with van der Waals surface area (Å²) >= 11 is 12.1. The Hall–Kier alpha value is -0.0700. The normalized spacial score (nSPS) is 14.6. The quantitative estimate of drug-likeness (QED) is 0.728. The maximum Gasteiger partial charge on any atom is 0.0486 e. The van der Waals surface area contributed by atoms with Crippen molar-refractivity contribution in [3.8, 4) is 0 Å². The molecule has 0 amide bonds. The molecule has 0 aliphatic carbocycles. The van der Waals surface area contributed by atoms with Crippen LogP contribution in [0.1, 0.15) is 39.7 Å². The topological polar surface area (TPSA) is 23.1 Å². The van der Waals surface area contributed by atoms with E-state index in [1.165, 1.54) is 0 Å². The maximum absolute atomic E-state index is 12.2. The van der Waals surface area contributed by atoms with Gasteiger partial charge in [-0.05, 0) is 36.0 Å². The smallest absolute Gasteiger partial charge is 0.0486 e. The van der Waals surface area contributed by atoms with Crippen molar-refractivity contribution in [2.45, 2.75) is 34.1 Å². The first-order valence-corrected chi connectivity index (χ1v) is 8.20. The summed E-state index contributed by atoms with van der Waals surface area (Å²) in [6.07, 6.45) is 1.95. The van der Waals surface area contributed by atoms with Crippen molar-refractivity contribution in [3.63, 3.8) is 0 Å². The monoisotopic (exact) mass is 317 g/mol. The molecule has 0 fully saturated rings. The molecule has 1 aromatic rings. The summed E-state index contributed by atoms with van der Waals surface area (Å²) in [4.78, 5) is 0. The summed E-state index contributed by atoms with van der Waals surface area (Å²) in [6.45, 7) is 8.83. The third-order valence-corrected chi connectivity index (χ3v) is 4.63. The minimum atomic E-state index is 0.0105. The molecule has 1 rings (SSSR count). The Bertz CT molecular complexity index is 443. The molecule has 0 aliphatic heterocycles. The van der Waals surface area contributed by atoms with E-state index in [9.17, 15) is 5.11 Å². The first kappa shape index (κ1) is 17.0. The van der Waals surface area contributed by atoms with Crippen LogP contribution in [0, 0.1) is 11.3 Å². The van der Waals surface area contributed by atoms with Gasteiger partial charge in [0.05, 0.1) is 0 Å². The van der Waals surface area contributed by atoms with Crippen molar-refractivity contribution in [3.05, 3.63) is 33.8 Å². The molecule has 1 atom stereocenters. The zero-order valence-electron chi connectivity index (χ0n) is 11.8. The second kappa shape index (κ2) is 7.09. The van der Waals surface area contributed by atoms with Gasteiger partial charge in [-0.15, -0.1) is 13.7 Å². The standard InChI is InChI=1S/C15H21Cl2OP/c1-10(8-15(2,3)4)9-19-14(18)13-11(16)6-5-7-12(13)17/h5-7,10,18H,8-9H2,1-4H3/p-1. The van der Waals surface area contributed by atoms with Crippen LogP contribution in [0.2, 0.25) is 10.0 Å². The lowest BCUT2D eigenvalue weighted by Gasteiger charge is -2.23. The van der Waals surface area contributed by atoms with E-state index in [0.29, 0.717) is 26.9 Å². The average Bonchev–Trinajstić information content (AvgIpc) is 2.23. The molecule has 0 spiro atoms. The number of benzene rings is 1. The average molecular weight is 318 g/mol. The molecule has 0 aliphatic rings. The molecule has 0 aromatic heterocycles. The van der Waals surface area contributed by atoms with Crippen LogP contribution in [0.25, 0.3) is 0 Å². The van der Waals surface area contributed by atoms with Gasteiger partial charge in [0.1, 0.15) is 0 Å². The number of rotatable bonds is 4. The fourth-order valence-electron chi connectivity index (χ4n) is 2.13. The van der Waals surface area contributed by atoms with Gasteiger partial charge >= 0.3 is 0 Å². The van der Waals surface area contributed by atoms with Crippen molar-refractivity contribution in [2.24, 2.45) is 11.3 Å². The van der Waals surface area contributed by atoms with Crippen molar-refractivity contribution in [2.75, 3.05) is 6.16 Å². The van der Waals surface area contributed by atoms with Gasteiger partial charge < -0.3 is 5.11 Å². The molecule has 0 heterocycles. The van der Waals surface area contributed by atoms with Crippen molar-refractivity contribution < 1.29 is 5.11 Å². The number of hydrogen-bond donors (Lipinski definition) is 0. The van der Waals surface area contributed by atoms with Gasteiger partial charge in [0.25, 0.3) is 0 Å². The van der Waals surface area contributed by atoms with Gasteiger partial charge in [-0.2, -0.15) is 0 Å². The summed E-state index contributed by atoms with van der Waals surface area (Å²) in [7, 11) is 0.767. The SMILES string of the molecule is CC(CP=C([O-])c1c(Cl)cccc1Cl)CC(C)(C)C. The first-order chi connectivity index (χ1) is 8.70. The molecular weight excluding hydrogens is 298 g/mol. The van der Waals surface area contributed by atoms with Gasteiger partial charge in [0.2, 0.25) is 0 Å². The van der Waals surface area contributed by atoms with E-state index >= 15 is 0 Å². The molecule has 1 aromatic carbocycles. The second-order valence-electron chi connectivity index (χ2n) is 6.11. The van der Waals surface area contributed by atoms with Gasteiger partial charge in [0.15, 0.2) is 0 Å². The Morgan fingerprint density at radius 3 is 2.26 bits per heavy atom. The van der Waals surface area contributed by atoms with Crippen LogP contribution in [0.3, 0.4) is 0 Å². The second-order valence-corrected chi connectivity index (χ2v) is 8.01. The molecule has 4 heteroatoms. The maximum atomic E-state index is 12.2. The van der Waals surface area contributed by atoms with Gasteiger partial charge in [-0.3, -0.25) is 0 Å². The zero-order chi connectivity index (χ0) is 14.6. The van der Waals surface area contributed by atoms with E-state index in [2.05, 4.69) is 27.7 Å². The fraction of sp³-hybridized carbons (Fsp3) is 0.533. The highest BCUT2D eigenvalue weighted by molar-refractivity contribution is 7.40. The summed E-state index contributed by atoms with van der Waals surface area (Å²) < 4.78 is 0. The van der Waals surface area contributed by atoms with Crippen LogP contribution in [0.15, 0.2) is 18.2 Å².